The maximum atomic E-state index is 11.1. The molecule has 1 rings (SSSR count). The number of aromatic nitrogens is 1. The predicted molar refractivity (Wildman–Crippen MR) is 55.4 cm³/mol. The van der Waals surface area contributed by atoms with Gasteiger partial charge in [0.2, 0.25) is 0 Å². The molecule has 1 atom stereocenters. The van der Waals surface area contributed by atoms with Crippen molar-refractivity contribution >= 4 is 17.6 Å². The lowest BCUT2D eigenvalue weighted by Gasteiger charge is -2.12. The number of rotatable bonds is 3. The summed E-state index contributed by atoms with van der Waals surface area (Å²) in [6.07, 6.45) is 0.223. The zero-order chi connectivity index (χ0) is 11.4. The Morgan fingerprint density at radius 1 is 1.73 bits per heavy atom. The second-order valence-electron chi connectivity index (χ2n) is 2.79. The van der Waals surface area contributed by atoms with Crippen LogP contribution in [0.1, 0.15) is 11.8 Å². The minimum atomic E-state index is -1.24. The van der Waals surface area contributed by atoms with Gasteiger partial charge in [0.25, 0.3) is 0 Å². The number of hydrogen-bond donors (Lipinski definition) is 1. The summed E-state index contributed by atoms with van der Waals surface area (Å²) in [6.45, 7) is 3.42. The average molecular weight is 228 g/mol. The van der Waals surface area contributed by atoms with Gasteiger partial charge in [0.1, 0.15) is 6.10 Å². The van der Waals surface area contributed by atoms with Crippen molar-refractivity contribution in [3.05, 3.63) is 41.2 Å². The molecule has 0 radical (unpaired) electrons. The lowest BCUT2D eigenvalue weighted by atomic mass is 10.1. The van der Waals surface area contributed by atoms with E-state index in [2.05, 4.69) is 16.3 Å². The summed E-state index contributed by atoms with van der Waals surface area (Å²) in [5.74, 6) is -0.691. The summed E-state index contributed by atoms with van der Waals surface area (Å²) in [7, 11) is 1.21. The fraction of sp³-hybridized carbons (Fsp3) is 0.200. The molecular formula is C10H10ClNO3. The van der Waals surface area contributed by atoms with E-state index in [-0.39, 0.29) is 16.3 Å². The number of methoxy groups -OCH3 is 1. The fourth-order valence-electron chi connectivity index (χ4n) is 1.01. The Hall–Kier alpha value is -1.39. The molecule has 1 unspecified atom stereocenters. The third-order valence-corrected chi connectivity index (χ3v) is 2.14. The Morgan fingerprint density at radius 3 is 2.93 bits per heavy atom. The molecule has 5 heteroatoms. The molecule has 1 aromatic rings. The summed E-state index contributed by atoms with van der Waals surface area (Å²) in [5, 5.41) is 10.00. The van der Waals surface area contributed by atoms with Crippen LogP contribution in [0.25, 0.3) is 0 Å². The van der Waals surface area contributed by atoms with E-state index in [1.54, 1.807) is 12.1 Å². The molecule has 0 spiro atoms. The maximum absolute atomic E-state index is 11.1. The van der Waals surface area contributed by atoms with E-state index in [0.717, 1.165) is 0 Å². The van der Waals surface area contributed by atoms with Crippen molar-refractivity contribution in [2.75, 3.05) is 7.11 Å². The predicted octanol–water partition coefficient (Wildman–Crippen LogP) is 1.50. The van der Waals surface area contributed by atoms with Crippen LogP contribution in [0, 0.1) is 0 Å². The highest BCUT2D eigenvalue weighted by Crippen LogP contribution is 2.25. The molecule has 0 bridgehead atoms. The van der Waals surface area contributed by atoms with Gasteiger partial charge in [-0.3, -0.25) is 4.98 Å². The van der Waals surface area contributed by atoms with Crippen LogP contribution in [0.5, 0.6) is 0 Å². The van der Waals surface area contributed by atoms with Gasteiger partial charge in [-0.1, -0.05) is 18.2 Å². The van der Waals surface area contributed by atoms with Crippen LogP contribution < -0.4 is 0 Å². The standard InChI is InChI=1S/C10H10ClNO3/c1-6(10(14)15-2)9(13)8-7(11)4-3-5-12-8/h3-5,9,13H,1H2,2H3. The number of carbonyl (C=O) groups is 1. The average Bonchev–Trinajstić information content (AvgIpc) is 2.26. The van der Waals surface area contributed by atoms with E-state index < -0.39 is 12.1 Å². The lowest BCUT2D eigenvalue weighted by Crippen LogP contribution is -2.13. The smallest absolute Gasteiger partial charge is 0.336 e. The molecule has 15 heavy (non-hydrogen) atoms. The molecule has 0 saturated heterocycles. The van der Waals surface area contributed by atoms with Gasteiger partial charge in [-0.15, -0.1) is 0 Å². The highest BCUT2D eigenvalue weighted by atomic mass is 35.5. The first-order valence-corrected chi connectivity index (χ1v) is 4.51. The molecular weight excluding hydrogens is 218 g/mol. The Kier molecular flexibility index (Phi) is 3.82. The number of aliphatic hydroxyl groups excluding tert-OH is 1. The zero-order valence-corrected chi connectivity index (χ0v) is 8.86. The summed E-state index contributed by atoms with van der Waals surface area (Å²) < 4.78 is 4.43. The van der Waals surface area contributed by atoms with Crippen LogP contribution in [0.2, 0.25) is 5.02 Å². The monoisotopic (exact) mass is 227 g/mol. The van der Waals surface area contributed by atoms with Crippen LogP contribution in [0.15, 0.2) is 30.5 Å². The molecule has 0 aliphatic rings. The number of halogens is 1. The molecule has 4 nitrogen and oxygen atoms in total. The first-order valence-electron chi connectivity index (χ1n) is 4.13. The van der Waals surface area contributed by atoms with Crippen molar-refractivity contribution in [3.63, 3.8) is 0 Å². The number of hydrogen-bond acceptors (Lipinski definition) is 4. The van der Waals surface area contributed by atoms with Crippen molar-refractivity contribution in [1.29, 1.82) is 0 Å². The highest BCUT2D eigenvalue weighted by Gasteiger charge is 2.21. The van der Waals surface area contributed by atoms with Crippen molar-refractivity contribution in [2.45, 2.75) is 6.10 Å². The van der Waals surface area contributed by atoms with E-state index in [1.165, 1.54) is 13.3 Å². The number of ether oxygens (including phenoxy) is 1. The van der Waals surface area contributed by atoms with Crippen LogP contribution in [-0.2, 0) is 9.53 Å². The van der Waals surface area contributed by atoms with Crippen LogP contribution in [0.4, 0.5) is 0 Å². The molecule has 0 aromatic carbocycles. The molecule has 0 amide bonds. The SMILES string of the molecule is C=C(C(=O)OC)C(O)c1ncccc1Cl. The molecule has 1 heterocycles. The normalized spacial score (nSPS) is 11.9. The molecule has 0 saturated carbocycles. The largest absolute Gasteiger partial charge is 0.466 e. The van der Waals surface area contributed by atoms with E-state index >= 15 is 0 Å². The first-order chi connectivity index (χ1) is 7.07. The minimum Gasteiger partial charge on any atom is -0.466 e. The maximum Gasteiger partial charge on any atom is 0.336 e. The topological polar surface area (TPSA) is 59.4 Å². The molecule has 80 valence electrons. The summed E-state index contributed by atoms with van der Waals surface area (Å²) >= 11 is 5.80. The Labute approximate surface area is 92.2 Å². The van der Waals surface area contributed by atoms with E-state index in [0.29, 0.717) is 0 Å². The lowest BCUT2D eigenvalue weighted by molar-refractivity contribution is -0.137. The van der Waals surface area contributed by atoms with Gasteiger partial charge in [-0.05, 0) is 12.1 Å². The summed E-state index contributed by atoms with van der Waals surface area (Å²) in [4.78, 5) is 15.0. The fourth-order valence-corrected chi connectivity index (χ4v) is 1.23. The number of carbonyl (C=O) groups excluding carboxylic acids is 1. The number of nitrogens with zero attached hydrogens (tertiary/aromatic N) is 1. The molecule has 1 N–H and O–H groups in total. The highest BCUT2D eigenvalue weighted by molar-refractivity contribution is 6.31. The van der Waals surface area contributed by atoms with Crippen molar-refractivity contribution in [1.82, 2.24) is 4.98 Å². The third-order valence-electron chi connectivity index (χ3n) is 1.82. The van der Waals surface area contributed by atoms with E-state index in [9.17, 15) is 9.90 Å². The Balaban J connectivity index is 2.95. The van der Waals surface area contributed by atoms with Gasteiger partial charge in [0, 0.05) is 6.20 Å². The van der Waals surface area contributed by atoms with Crippen molar-refractivity contribution in [2.24, 2.45) is 0 Å². The molecule has 0 fully saturated rings. The third kappa shape index (κ3) is 2.55. The van der Waals surface area contributed by atoms with E-state index in [1.807, 2.05) is 0 Å². The molecule has 0 aliphatic heterocycles. The van der Waals surface area contributed by atoms with Gasteiger partial charge >= 0.3 is 5.97 Å². The number of pyridine rings is 1. The zero-order valence-electron chi connectivity index (χ0n) is 8.11. The minimum absolute atomic E-state index is 0.0990. The first kappa shape index (κ1) is 11.7. The van der Waals surface area contributed by atoms with Crippen molar-refractivity contribution < 1.29 is 14.6 Å². The summed E-state index contributed by atoms with van der Waals surface area (Å²) in [6, 6.07) is 3.19. The Bertz CT molecular complexity index is 392. The second-order valence-corrected chi connectivity index (χ2v) is 3.20. The van der Waals surface area contributed by atoms with Crippen LogP contribution in [0.3, 0.4) is 0 Å². The number of esters is 1. The van der Waals surface area contributed by atoms with Gasteiger partial charge in [-0.2, -0.15) is 0 Å². The van der Waals surface area contributed by atoms with Gasteiger partial charge in [0.15, 0.2) is 0 Å². The molecule has 0 aliphatic carbocycles. The van der Waals surface area contributed by atoms with Gasteiger partial charge < -0.3 is 9.84 Å². The Morgan fingerprint density at radius 2 is 2.40 bits per heavy atom. The summed E-state index contributed by atoms with van der Waals surface area (Å²) in [5.41, 5.74) is 0.0904. The molecule has 1 aromatic heterocycles. The van der Waals surface area contributed by atoms with Crippen LogP contribution in [-0.4, -0.2) is 23.2 Å². The van der Waals surface area contributed by atoms with Gasteiger partial charge in [0.05, 0.1) is 23.4 Å². The van der Waals surface area contributed by atoms with Crippen LogP contribution >= 0.6 is 11.6 Å². The van der Waals surface area contributed by atoms with E-state index in [4.69, 9.17) is 11.6 Å². The van der Waals surface area contributed by atoms with Gasteiger partial charge in [-0.25, -0.2) is 4.79 Å². The van der Waals surface area contributed by atoms with Crippen molar-refractivity contribution in [3.8, 4) is 0 Å². The quantitative estimate of drug-likeness (QED) is 0.628. The second kappa shape index (κ2) is 4.91. The number of aliphatic hydroxyl groups is 1.